The summed E-state index contributed by atoms with van der Waals surface area (Å²) in [5.41, 5.74) is 0. The molecule has 0 radical (unpaired) electrons. The molecule has 110 valence electrons. The molecule has 0 spiro atoms. The smallest absolute Gasteiger partial charge is 0.328 e. The molecular weight excluding hydrogens is 258 g/mol. The maximum Gasteiger partial charge on any atom is 0.328 e. The third-order valence-electron chi connectivity index (χ3n) is 2.13. The minimum absolute atomic E-state index is 0.303. The summed E-state index contributed by atoms with van der Waals surface area (Å²) in [5, 5.41) is 24.1. The van der Waals surface area contributed by atoms with Crippen molar-refractivity contribution in [2.75, 3.05) is 26.9 Å². The second-order valence-corrected chi connectivity index (χ2v) is 3.70. The molecule has 2 atom stereocenters. The van der Waals surface area contributed by atoms with E-state index in [0.29, 0.717) is 13.2 Å². The topological polar surface area (TPSA) is 137 Å². The lowest BCUT2D eigenvalue weighted by atomic mass is 10.3. The normalized spacial score (nSPS) is 13.2. The van der Waals surface area contributed by atoms with Gasteiger partial charge in [-0.05, 0) is 6.92 Å². The Morgan fingerprint density at radius 3 is 2.37 bits per heavy atom. The first-order valence-corrected chi connectivity index (χ1v) is 5.59. The standard InChI is InChI=1S/C10H19N3O6/c1-6(8(15)11-3-4-19-2)12-10(18)13-7(5-14)9(16)17/h6-7,14H,3-5H2,1-2H3,(H,11,15)(H,16,17)(H2,12,13,18)/t6?,7-/m1/s1. The number of aliphatic carboxylic acids is 1. The first-order chi connectivity index (χ1) is 8.92. The summed E-state index contributed by atoms with van der Waals surface area (Å²) in [6.45, 7) is 1.35. The molecule has 0 saturated heterocycles. The van der Waals surface area contributed by atoms with Crippen LogP contribution in [0.1, 0.15) is 6.92 Å². The number of urea groups is 1. The number of methoxy groups -OCH3 is 1. The van der Waals surface area contributed by atoms with E-state index in [2.05, 4.69) is 10.6 Å². The van der Waals surface area contributed by atoms with E-state index in [1.807, 2.05) is 5.32 Å². The molecule has 0 aromatic heterocycles. The van der Waals surface area contributed by atoms with Crippen LogP contribution in [0.3, 0.4) is 0 Å². The summed E-state index contributed by atoms with van der Waals surface area (Å²) in [5.74, 6) is -1.79. The predicted octanol–water partition coefficient (Wildman–Crippen LogP) is -2.12. The average molecular weight is 277 g/mol. The van der Waals surface area contributed by atoms with Crippen LogP contribution in [-0.2, 0) is 14.3 Å². The zero-order valence-electron chi connectivity index (χ0n) is 10.8. The van der Waals surface area contributed by atoms with Crippen molar-refractivity contribution in [2.24, 2.45) is 0 Å². The summed E-state index contributed by atoms with van der Waals surface area (Å²) in [6.07, 6.45) is 0. The van der Waals surface area contributed by atoms with Crippen molar-refractivity contribution in [3.05, 3.63) is 0 Å². The van der Waals surface area contributed by atoms with Crippen molar-refractivity contribution >= 4 is 17.9 Å². The third kappa shape index (κ3) is 7.21. The van der Waals surface area contributed by atoms with Crippen LogP contribution < -0.4 is 16.0 Å². The van der Waals surface area contributed by atoms with E-state index in [-0.39, 0.29) is 0 Å². The van der Waals surface area contributed by atoms with E-state index in [4.69, 9.17) is 14.9 Å². The number of carbonyl (C=O) groups excluding carboxylic acids is 2. The minimum atomic E-state index is -1.41. The molecule has 5 N–H and O–H groups in total. The van der Waals surface area contributed by atoms with E-state index in [0.717, 1.165) is 0 Å². The van der Waals surface area contributed by atoms with E-state index in [1.165, 1.54) is 14.0 Å². The highest BCUT2D eigenvalue weighted by atomic mass is 16.5. The van der Waals surface area contributed by atoms with Gasteiger partial charge in [0.05, 0.1) is 13.2 Å². The van der Waals surface area contributed by atoms with E-state index in [9.17, 15) is 14.4 Å². The van der Waals surface area contributed by atoms with Crippen LogP contribution in [0.4, 0.5) is 4.79 Å². The Morgan fingerprint density at radius 2 is 1.89 bits per heavy atom. The molecule has 0 bridgehead atoms. The van der Waals surface area contributed by atoms with E-state index in [1.54, 1.807) is 0 Å². The van der Waals surface area contributed by atoms with Gasteiger partial charge >= 0.3 is 12.0 Å². The Bertz CT molecular complexity index is 322. The van der Waals surface area contributed by atoms with Gasteiger partial charge in [0.15, 0.2) is 6.04 Å². The van der Waals surface area contributed by atoms with Gasteiger partial charge in [0.1, 0.15) is 6.04 Å². The number of carbonyl (C=O) groups is 3. The molecule has 0 aromatic rings. The number of hydrogen-bond acceptors (Lipinski definition) is 5. The van der Waals surface area contributed by atoms with E-state index >= 15 is 0 Å². The molecule has 0 aliphatic rings. The van der Waals surface area contributed by atoms with Crippen molar-refractivity contribution in [3.63, 3.8) is 0 Å². The van der Waals surface area contributed by atoms with E-state index < -0.39 is 36.6 Å². The second-order valence-electron chi connectivity index (χ2n) is 3.70. The summed E-state index contributed by atoms with van der Waals surface area (Å²) in [7, 11) is 1.49. The fourth-order valence-electron chi connectivity index (χ4n) is 1.08. The van der Waals surface area contributed by atoms with Crippen LogP contribution in [0.5, 0.6) is 0 Å². The number of rotatable bonds is 8. The van der Waals surface area contributed by atoms with Crippen LogP contribution in [0.15, 0.2) is 0 Å². The Hall–Kier alpha value is -1.87. The van der Waals surface area contributed by atoms with Crippen molar-refractivity contribution in [1.82, 2.24) is 16.0 Å². The lowest BCUT2D eigenvalue weighted by Crippen LogP contribution is -2.53. The second kappa shape index (κ2) is 9.11. The quantitative estimate of drug-likeness (QED) is 0.322. The molecule has 0 aliphatic heterocycles. The molecule has 0 saturated carbocycles. The summed E-state index contributed by atoms with van der Waals surface area (Å²) in [6, 6.07) is -3.11. The monoisotopic (exact) mass is 277 g/mol. The maximum atomic E-state index is 11.5. The molecule has 0 rings (SSSR count). The lowest BCUT2D eigenvalue weighted by Gasteiger charge is -2.16. The van der Waals surface area contributed by atoms with Gasteiger partial charge in [-0.15, -0.1) is 0 Å². The zero-order valence-corrected chi connectivity index (χ0v) is 10.8. The third-order valence-corrected chi connectivity index (χ3v) is 2.13. The summed E-state index contributed by atoms with van der Waals surface area (Å²) in [4.78, 5) is 33.4. The molecule has 0 fully saturated rings. The van der Waals surface area contributed by atoms with Gasteiger partial charge in [-0.25, -0.2) is 9.59 Å². The van der Waals surface area contributed by atoms with Crippen LogP contribution in [-0.4, -0.2) is 67.1 Å². The van der Waals surface area contributed by atoms with Crippen molar-refractivity contribution in [2.45, 2.75) is 19.0 Å². The van der Waals surface area contributed by atoms with Crippen LogP contribution in [0, 0.1) is 0 Å². The molecule has 9 nitrogen and oxygen atoms in total. The average Bonchev–Trinajstić information content (AvgIpc) is 2.35. The molecule has 0 aromatic carbocycles. The van der Waals surface area contributed by atoms with Crippen LogP contribution >= 0.6 is 0 Å². The number of amides is 3. The van der Waals surface area contributed by atoms with Gasteiger partial charge in [0.25, 0.3) is 0 Å². The SMILES string of the molecule is COCCNC(=O)C(C)NC(=O)N[C@H](CO)C(=O)O. The number of aliphatic hydroxyl groups is 1. The molecule has 0 heterocycles. The number of ether oxygens (including phenoxy) is 1. The largest absolute Gasteiger partial charge is 0.480 e. The zero-order chi connectivity index (χ0) is 14.8. The molecule has 9 heteroatoms. The van der Waals surface area contributed by atoms with Gasteiger partial charge in [0.2, 0.25) is 5.91 Å². The molecule has 3 amide bonds. The Kier molecular flexibility index (Phi) is 8.22. The summed E-state index contributed by atoms with van der Waals surface area (Å²) < 4.78 is 4.74. The van der Waals surface area contributed by atoms with Crippen molar-refractivity contribution in [1.29, 1.82) is 0 Å². The Morgan fingerprint density at radius 1 is 1.26 bits per heavy atom. The highest BCUT2D eigenvalue weighted by Gasteiger charge is 2.21. The number of aliphatic hydroxyl groups excluding tert-OH is 1. The molecule has 0 aliphatic carbocycles. The number of carboxylic acids is 1. The number of hydrogen-bond donors (Lipinski definition) is 5. The van der Waals surface area contributed by atoms with Crippen molar-refractivity contribution in [3.8, 4) is 0 Å². The Balaban J connectivity index is 4.10. The van der Waals surface area contributed by atoms with Gasteiger partial charge in [-0.3, -0.25) is 4.79 Å². The predicted molar refractivity (Wildman–Crippen MR) is 64.5 cm³/mol. The summed E-state index contributed by atoms with van der Waals surface area (Å²) >= 11 is 0. The van der Waals surface area contributed by atoms with Crippen molar-refractivity contribution < 1.29 is 29.3 Å². The lowest BCUT2D eigenvalue weighted by molar-refractivity contribution is -0.140. The molecule has 19 heavy (non-hydrogen) atoms. The number of carboxylic acid groups (broad SMARTS) is 1. The minimum Gasteiger partial charge on any atom is -0.480 e. The Labute approximate surface area is 110 Å². The highest BCUT2D eigenvalue weighted by molar-refractivity contribution is 5.88. The van der Waals surface area contributed by atoms with Crippen LogP contribution in [0.25, 0.3) is 0 Å². The van der Waals surface area contributed by atoms with Gasteiger partial charge in [0, 0.05) is 13.7 Å². The first kappa shape index (κ1) is 17.1. The molecular formula is C10H19N3O6. The van der Waals surface area contributed by atoms with Gasteiger partial charge in [-0.2, -0.15) is 0 Å². The molecule has 1 unspecified atom stereocenters. The van der Waals surface area contributed by atoms with Gasteiger partial charge in [-0.1, -0.05) is 0 Å². The van der Waals surface area contributed by atoms with Crippen LogP contribution in [0.2, 0.25) is 0 Å². The number of nitrogens with one attached hydrogen (secondary N) is 3. The fourth-order valence-corrected chi connectivity index (χ4v) is 1.08. The first-order valence-electron chi connectivity index (χ1n) is 5.59. The highest BCUT2D eigenvalue weighted by Crippen LogP contribution is 1.86. The fraction of sp³-hybridized carbons (Fsp3) is 0.700. The van der Waals surface area contributed by atoms with Gasteiger partial charge < -0.3 is 30.9 Å². The maximum absolute atomic E-state index is 11.5.